The van der Waals surface area contributed by atoms with E-state index in [1.165, 1.54) is 12.1 Å². The highest BCUT2D eigenvalue weighted by Crippen LogP contribution is 2.32. The Labute approximate surface area is 184 Å². The van der Waals surface area contributed by atoms with E-state index >= 15 is 0 Å². The van der Waals surface area contributed by atoms with Gasteiger partial charge in [0, 0.05) is 38.3 Å². The van der Waals surface area contributed by atoms with Crippen LogP contribution < -0.4 is 0 Å². The lowest BCUT2D eigenvalue weighted by Crippen LogP contribution is -2.46. The molecule has 0 atom stereocenters. The fraction of sp³-hybridized carbons (Fsp3) is 0.435. The van der Waals surface area contributed by atoms with E-state index < -0.39 is 11.7 Å². The van der Waals surface area contributed by atoms with E-state index in [0.29, 0.717) is 12.1 Å². The van der Waals surface area contributed by atoms with Crippen molar-refractivity contribution in [3.8, 4) is 10.6 Å². The number of benzene rings is 1. The zero-order valence-corrected chi connectivity index (χ0v) is 18.1. The zero-order valence-electron chi connectivity index (χ0n) is 17.3. The normalized spacial score (nSPS) is 16.1. The zero-order chi connectivity index (χ0) is 21.7. The highest BCUT2D eigenvalue weighted by molar-refractivity contribution is 7.13. The summed E-state index contributed by atoms with van der Waals surface area (Å²) < 4.78 is 44.8. The summed E-state index contributed by atoms with van der Waals surface area (Å²) in [4.78, 5) is 5.65. The predicted octanol–water partition coefficient (Wildman–Crippen LogP) is 5.56. The van der Waals surface area contributed by atoms with Crippen LogP contribution in [0.5, 0.6) is 0 Å². The Morgan fingerprint density at radius 1 is 0.935 bits per heavy atom. The molecule has 0 saturated carbocycles. The highest BCUT2D eigenvalue weighted by atomic mass is 32.1. The third-order valence-corrected chi connectivity index (χ3v) is 6.63. The van der Waals surface area contributed by atoms with E-state index in [1.807, 2.05) is 11.4 Å². The van der Waals surface area contributed by atoms with Gasteiger partial charge in [-0.15, -0.1) is 11.3 Å². The van der Waals surface area contributed by atoms with Gasteiger partial charge < -0.3 is 9.42 Å². The molecule has 166 valence electrons. The van der Waals surface area contributed by atoms with Crippen LogP contribution in [-0.4, -0.2) is 47.7 Å². The first kappa shape index (κ1) is 22.0. The quantitative estimate of drug-likeness (QED) is 0.422. The Morgan fingerprint density at radius 3 is 2.45 bits per heavy atom. The van der Waals surface area contributed by atoms with Gasteiger partial charge in [-0.05, 0) is 48.9 Å². The van der Waals surface area contributed by atoms with E-state index in [1.54, 1.807) is 29.7 Å². The summed E-state index contributed by atoms with van der Waals surface area (Å²) in [5.74, 6) is 0. The fourth-order valence-electron chi connectivity index (χ4n) is 4.05. The van der Waals surface area contributed by atoms with Gasteiger partial charge in [-0.25, -0.2) is 0 Å². The van der Waals surface area contributed by atoms with E-state index in [0.717, 1.165) is 68.1 Å². The van der Waals surface area contributed by atoms with Gasteiger partial charge in [0.05, 0.1) is 10.4 Å². The molecule has 2 aromatic heterocycles. The molecule has 1 saturated heterocycles. The van der Waals surface area contributed by atoms with Gasteiger partial charge in [-0.3, -0.25) is 4.90 Å². The van der Waals surface area contributed by atoms with Crippen molar-refractivity contribution in [2.45, 2.75) is 32.0 Å². The van der Waals surface area contributed by atoms with Crippen LogP contribution in [0.2, 0.25) is 0 Å². The number of piperazine rings is 1. The minimum absolute atomic E-state index is 0.350. The number of aryl methyl sites for hydroxylation is 1. The molecule has 3 aromatic rings. The Hall–Kier alpha value is -2.16. The second kappa shape index (κ2) is 9.97. The molecule has 0 spiro atoms. The first-order valence-corrected chi connectivity index (χ1v) is 11.5. The van der Waals surface area contributed by atoms with Gasteiger partial charge in [0.2, 0.25) is 0 Å². The third-order valence-electron chi connectivity index (χ3n) is 5.75. The molecule has 0 N–H and O–H groups in total. The second-order valence-electron chi connectivity index (χ2n) is 7.90. The molecule has 31 heavy (non-hydrogen) atoms. The molecule has 0 unspecified atom stereocenters. The van der Waals surface area contributed by atoms with Crippen LogP contribution in [0.3, 0.4) is 0 Å². The Bertz CT molecular complexity index is 947. The molecule has 4 rings (SSSR count). The molecular weight excluding hydrogens is 423 g/mol. The summed E-state index contributed by atoms with van der Waals surface area (Å²) in [6.07, 6.45) is 0.508. The minimum Gasteiger partial charge on any atom is -0.364 e. The fourth-order valence-corrected chi connectivity index (χ4v) is 4.79. The molecule has 8 heteroatoms. The highest BCUT2D eigenvalue weighted by Gasteiger charge is 2.33. The van der Waals surface area contributed by atoms with E-state index in [9.17, 15) is 13.2 Å². The maximum Gasteiger partial charge on any atom is 0.416 e. The molecule has 3 heterocycles. The number of unbranched alkanes of at least 4 members (excludes halogenated alkanes) is 1. The van der Waals surface area contributed by atoms with Crippen LogP contribution in [-0.2, 0) is 19.1 Å². The first-order valence-electron chi connectivity index (χ1n) is 10.6. The molecule has 4 nitrogen and oxygen atoms in total. The second-order valence-corrected chi connectivity index (χ2v) is 8.84. The average Bonchev–Trinajstić information content (AvgIpc) is 3.44. The van der Waals surface area contributed by atoms with Crippen LogP contribution >= 0.6 is 11.3 Å². The van der Waals surface area contributed by atoms with Crippen LogP contribution in [0, 0.1) is 0 Å². The van der Waals surface area contributed by atoms with Crippen LogP contribution in [0.25, 0.3) is 10.6 Å². The summed E-state index contributed by atoms with van der Waals surface area (Å²) in [5.41, 5.74) is 1.94. The molecule has 1 aromatic carbocycles. The molecule has 0 aliphatic carbocycles. The summed E-state index contributed by atoms with van der Waals surface area (Å²) in [6.45, 7) is 4.72. The van der Waals surface area contributed by atoms with Crippen LogP contribution in [0.1, 0.15) is 29.5 Å². The number of thiophene rings is 1. The topological polar surface area (TPSA) is 32.5 Å². The number of hydrogen-bond donors (Lipinski definition) is 0. The molecule has 0 amide bonds. The average molecular weight is 450 g/mol. The lowest BCUT2D eigenvalue weighted by molar-refractivity contribution is -0.138. The molecule has 1 aliphatic heterocycles. The summed E-state index contributed by atoms with van der Waals surface area (Å²) in [5, 5.41) is 6.18. The van der Waals surface area contributed by atoms with Crippen molar-refractivity contribution < 1.29 is 17.7 Å². The third kappa shape index (κ3) is 5.75. The van der Waals surface area contributed by atoms with Crippen molar-refractivity contribution in [1.82, 2.24) is 15.0 Å². The Kier molecular flexibility index (Phi) is 7.09. The Morgan fingerprint density at radius 2 is 1.71 bits per heavy atom. The van der Waals surface area contributed by atoms with Crippen molar-refractivity contribution in [2.24, 2.45) is 0 Å². The van der Waals surface area contributed by atoms with Crippen LogP contribution in [0.15, 0.2) is 52.6 Å². The summed E-state index contributed by atoms with van der Waals surface area (Å²) in [7, 11) is 0. The first-order chi connectivity index (χ1) is 15.0. The van der Waals surface area contributed by atoms with Crippen molar-refractivity contribution >= 4 is 11.3 Å². The van der Waals surface area contributed by atoms with Crippen molar-refractivity contribution in [3.05, 3.63) is 64.7 Å². The van der Waals surface area contributed by atoms with E-state index in [4.69, 9.17) is 4.52 Å². The molecular formula is C23H26F3N3OS. The lowest BCUT2D eigenvalue weighted by atomic mass is 10.1. The Balaban J connectivity index is 1.19. The van der Waals surface area contributed by atoms with E-state index in [2.05, 4.69) is 21.0 Å². The number of hydrogen-bond acceptors (Lipinski definition) is 5. The van der Waals surface area contributed by atoms with Gasteiger partial charge in [0.1, 0.15) is 12.0 Å². The van der Waals surface area contributed by atoms with E-state index in [-0.39, 0.29) is 0 Å². The number of aromatic nitrogens is 1. The van der Waals surface area contributed by atoms with Crippen molar-refractivity contribution in [3.63, 3.8) is 0 Å². The molecule has 1 aliphatic rings. The molecule has 1 fully saturated rings. The summed E-state index contributed by atoms with van der Waals surface area (Å²) in [6, 6.07) is 9.96. The number of rotatable bonds is 8. The number of halogens is 3. The number of alkyl halides is 3. The maximum absolute atomic E-state index is 13.2. The van der Waals surface area contributed by atoms with Crippen molar-refractivity contribution in [1.29, 1.82) is 0 Å². The lowest BCUT2D eigenvalue weighted by Gasteiger charge is -2.35. The van der Waals surface area contributed by atoms with Crippen molar-refractivity contribution in [2.75, 3.05) is 32.7 Å². The maximum atomic E-state index is 13.2. The SMILES string of the molecule is FC(F)(F)c1ccccc1CN1CCN(CCCCc2conc2-c2cccs2)CC1. The van der Waals surface area contributed by atoms with Gasteiger partial charge in [-0.2, -0.15) is 13.2 Å². The number of nitrogens with zero attached hydrogens (tertiary/aromatic N) is 3. The standard InChI is InChI=1S/C23H26F3N3OS/c24-23(25,26)20-8-2-1-6-18(20)16-29-13-11-28(12-14-29)10-4-3-7-19-17-30-27-22(19)21-9-5-15-31-21/h1-2,5-6,8-9,15,17H,3-4,7,10-14,16H2. The predicted molar refractivity (Wildman–Crippen MR) is 116 cm³/mol. The molecule has 0 bridgehead atoms. The van der Waals surface area contributed by atoms with Gasteiger partial charge in [0.25, 0.3) is 0 Å². The van der Waals surface area contributed by atoms with Gasteiger partial charge in [0.15, 0.2) is 0 Å². The van der Waals surface area contributed by atoms with Gasteiger partial charge in [-0.1, -0.05) is 29.4 Å². The largest absolute Gasteiger partial charge is 0.416 e. The van der Waals surface area contributed by atoms with Gasteiger partial charge >= 0.3 is 6.18 Å². The minimum atomic E-state index is -4.30. The van der Waals surface area contributed by atoms with Crippen LogP contribution in [0.4, 0.5) is 13.2 Å². The molecule has 0 radical (unpaired) electrons. The summed E-state index contributed by atoms with van der Waals surface area (Å²) >= 11 is 1.66. The smallest absolute Gasteiger partial charge is 0.364 e. The monoisotopic (exact) mass is 449 g/mol.